The fraction of sp³-hybridized carbons (Fsp3) is 0.185. The van der Waals surface area contributed by atoms with Crippen molar-refractivity contribution in [3.05, 3.63) is 82.7 Å². The molecule has 1 aliphatic rings. The summed E-state index contributed by atoms with van der Waals surface area (Å²) >= 11 is 0. The SMILES string of the molecule is Cc1nc2c3c(c(OC(F)F)cc2n1C)-c1cccn2c(C(=O)c4cc(F)c(F)c(F)c4)cc(c12)CCN3. The Balaban J connectivity index is 1.64. The van der Waals surface area contributed by atoms with Gasteiger partial charge in [-0.1, -0.05) is 6.07 Å². The summed E-state index contributed by atoms with van der Waals surface area (Å²) in [6, 6.07) is 7.73. The molecule has 0 aliphatic carbocycles. The minimum absolute atomic E-state index is 0.0734. The van der Waals surface area contributed by atoms with Gasteiger partial charge in [-0.05, 0) is 43.2 Å². The summed E-state index contributed by atoms with van der Waals surface area (Å²) in [5, 5.41) is 3.30. The number of ether oxygens (including phenoxy) is 1. The second-order valence-corrected chi connectivity index (χ2v) is 9.04. The Morgan fingerprint density at radius 2 is 1.87 bits per heavy atom. The molecule has 0 saturated carbocycles. The molecule has 2 aromatic carbocycles. The van der Waals surface area contributed by atoms with Crippen molar-refractivity contribution in [2.45, 2.75) is 20.0 Å². The van der Waals surface area contributed by atoms with Crippen LogP contribution in [-0.4, -0.2) is 32.9 Å². The number of rotatable bonds is 4. The number of carbonyl (C=O) groups is 1. The average molecular weight is 526 g/mol. The van der Waals surface area contributed by atoms with Crippen LogP contribution in [0.25, 0.3) is 27.7 Å². The van der Waals surface area contributed by atoms with Gasteiger partial charge in [0.15, 0.2) is 17.5 Å². The number of halogens is 5. The third kappa shape index (κ3) is 3.52. The number of ketones is 1. The second kappa shape index (κ2) is 8.57. The molecule has 4 heterocycles. The number of anilines is 1. The Morgan fingerprint density at radius 1 is 1.13 bits per heavy atom. The summed E-state index contributed by atoms with van der Waals surface area (Å²) in [4.78, 5) is 18.0. The van der Waals surface area contributed by atoms with Gasteiger partial charge in [0.25, 0.3) is 0 Å². The molecule has 0 fully saturated rings. The van der Waals surface area contributed by atoms with Gasteiger partial charge >= 0.3 is 6.61 Å². The standard InChI is InChI=1S/C27H19F5N4O2/c1-12-34-23-18(35(12)2)11-20(38-27(31)32)21-15-4-3-7-36-19(10-13(25(15)36)5-6-33-24(21)23)26(37)14-8-16(28)22(30)17(29)9-14/h3-4,7-11,27,33H,5-6H2,1-2H3. The second-order valence-electron chi connectivity index (χ2n) is 9.04. The predicted octanol–water partition coefficient (Wildman–Crippen LogP) is 6.02. The van der Waals surface area contributed by atoms with Crippen molar-refractivity contribution in [3.8, 4) is 16.9 Å². The van der Waals surface area contributed by atoms with E-state index in [0.717, 1.165) is 0 Å². The van der Waals surface area contributed by atoms with E-state index >= 15 is 0 Å². The lowest BCUT2D eigenvalue weighted by molar-refractivity contribution is -0.0493. The van der Waals surface area contributed by atoms with Crippen LogP contribution in [0.5, 0.6) is 5.75 Å². The fourth-order valence-electron chi connectivity index (χ4n) is 5.11. The van der Waals surface area contributed by atoms with Crippen molar-refractivity contribution < 1.29 is 31.5 Å². The number of aromatic nitrogens is 3. The van der Waals surface area contributed by atoms with Gasteiger partial charge < -0.3 is 19.0 Å². The van der Waals surface area contributed by atoms with E-state index in [-0.39, 0.29) is 17.0 Å². The number of aryl methyl sites for hydroxylation is 2. The molecule has 11 heteroatoms. The third-order valence-corrected chi connectivity index (χ3v) is 6.89. The smallest absolute Gasteiger partial charge is 0.387 e. The lowest BCUT2D eigenvalue weighted by Crippen LogP contribution is -2.12. The van der Waals surface area contributed by atoms with Crippen LogP contribution in [0.1, 0.15) is 27.4 Å². The monoisotopic (exact) mass is 526 g/mol. The Kier molecular flexibility index (Phi) is 5.41. The molecular weight excluding hydrogens is 507 g/mol. The summed E-state index contributed by atoms with van der Waals surface area (Å²) < 4.78 is 76.7. The van der Waals surface area contributed by atoms with Gasteiger partial charge in [-0.15, -0.1) is 0 Å². The maximum Gasteiger partial charge on any atom is 0.387 e. The molecule has 0 unspecified atom stereocenters. The minimum Gasteiger partial charge on any atom is -0.434 e. The van der Waals surface area contributed by atoms with Crippen molar-refractivity contribution in [2.75, 3.05) is 11.9 Å². The van der Waals surface area contributed by atoms with Crippen LogP contribution in [0.2, 0.25) is 0 Å². The van der Waals surface area contributed by atoms with Crippen LogP contribution in [0.15, 0.2) is 42.6 Å². The maximum atomic E-state index is 13.9. The average Bonchev–Trinajstić information content (AvgIpc) is 3.37. The molecule has 6 nitrogen and oxygen atoms in total. The first-order valence-corrected chi connectivity index (χ1v) is 11.7. The molecule has 0 saturated heterocycles. The molecule has 0 spiro atoms. The number of alkyl halides is 2. The normalized spacial score (nSPS) is 12.9. The topological polar surface area (TPSA) is 60.6 Å². The zero-order chi connectivity index (χ0) is 26.9. The maximum absolute atomic E-state index is 13.9. The molecule has 0 radical (unpaired) electrons. The highest BCUT2D eigenvalue weighted by Crippen LogP contribution is 2.46. The van der Waals surface area contributed by atoms with Crippen LogP contribution >= 0.6 is 0 Å². The number of fused-ring (bicyclic) bond motifs is 4. The Labute approximate surface area is 212 Å². The zero-order valence-electron chi connectivity index (χ0n) is 20.1. The van der Waals surface area contributed by atoms with Gasteiger partial charge in [-0.3, -0.25) is 4.79 Å². The number of pyridine rings is 1. The van der Waals surface area contributed by atoms with Crippen LogP contribution in [0, 0.1) is 24.4 Å². The molecule has 3 aromatic heterocycles. The highest BCUT2D eigenvalue weighted by Gasteiger charge is 2.28. The molecule has 1 aliphatic heterocycles. The van der Waals surface area contributed by atoms with E-state index in [2.05, 4.69) is 10.3 Å². The zero-order valence-corrected chi connectivity index (χ0v) is 20.1. The van der Waals surface area contributed by atoms with Gasteiger partial charge in [0.05, 0.1) is 28.0 Å². The van der Waals surface area contributed by atoms with Crippen molar-refractivity contribution in [1.29, 1.82) is 0 Å². The number of benzene rings is 2. The fourth-order valence-corrected chi connectivity index (χ4v) is 5.11. The summed E-state index contributed by atoms with van der Waals surface area (Å²) in [6.45, 7) is -0.923. The largest absolute Gasteiger partial charge is 0.434 e. The van der Waals surface area contributed by atoms with Crippen molar-refractivity contribution in [2.24, 2.45) is 7.05 Å². The number of carbonyl (C=O) groups excluding carboxylic acids is 1. The van der Waals surface area contributed by atoms with Crippen molar-refractivity contribution in [3.63, 3.8) is 0 Å². The van der Waals surface area contributed by atoms with Crippen LogP contribution in [0.4, 0.5) is 27.6 Å². The van der Waals surface area contributed by atoms with Crippen LogP contribution in [-0.2, 0) is 13.5 Å². The summed E-state index contributed by atoms with van der Waals surface area (Å²) in [5.41, 5.74) is 3.50. The van der Waals surface area contributed by atoms with E-state index in [4.69, 9.17) is 4.74 Å². The lowest BCUT2D eigenvalue weighted by Gasteiger charge is -2.21. The van der Waals surface area contributed by atoms with Crippen molar-refractivity contribution >= 4 is 28.0 Å². The van der Waals surface area contributed by atoms with E-state index in [1.54, 1.807) is 47.3 Å². The molecule has 5 aromatic rings. The summed E-state index contributed by atoms with van der Waals surface area (Å²) in [5.74, 6) is -4.75. The Hall–Kier alpha value is -4.41. The Morgan fingerprint density at radius 3 is 2.58 bits per heavy atom. The van der Waals surface area contributed by atoms with Crippen molar-refractivity contribution in [1.82, 2.24) is 14.0 Å². The summed E-state index contributed by atoms with van der Waals surface area (Å²) in [7, 11) is 1.77. The van der Waals surface area contributed by atoms with E-state index in [1.165, 1.54) is 6.07 Å². The van der Waals surface area contributed by atoms with E-state index < -0.39 is 29.8 Å². The minimum atomic E-state index is -3.09. The Bertz CT molecular complexity index is 1770. The highest BCUT2D eigenvalue weighted by molar-refractivity contribution is 6.11. The number of nitrogens with one attached hydrogen (secondary N) is 1. The van der Waals surface area contributed by atoms with Gasteiger partial charge in [-0.25, -0.2) is 18.2 Å². The predicted molar refractivity (Wildman–Crippen MR) is 130 cm³/mol. The first kappa shape index (κ1) is 24.0. The van der Waals surface area contributed by atoms with Gasteiger partial charge in [-0.2, -0.15) is 8.78 Å². The molecule has 1 N–H and O–H groups in total. The number of nitrogens with zero attached hydrogens (tertiary/aromatic N) is 3. The van der Waals surface area contributed by atoms with Gasteiger partial charge in [0, 0.05) is 37.0 Å². The van der Waals surface area contributed by atoms with Gasteiger partial charge in [0.1, 0.15) is 17.1 Å². The van der Waals surface area contributed by atoms with E-state index in [9.17, 15) is 26.7 Å². The van der Waals surface area contributed by atoms with Crippen LogP contribution < -0.4 is 10.1 Å². The molecule has 38 heavy (non-hydrogen) atoms. The molecule has 0 atom stereocenters. The molecule has 0 amide bonds. The number of hydrogen-bond acceptors (Lipinski definition) is 4. The van der Waals surface area contributed by atoms with Gasteiger partial charge in [0.2, 0.25) is 5.78 Å². The number of hydrogen-bond donors (Lipinski definition) is 1. The molecular formula is C27H19F5N4O2. The quantitative estimate of drug-likeness (QED) is 0.177. The van der Waals surface area contributed by atoms with E-state index in [1.807, 2.05) is 0 Å². The van der Waals surface area contributed by atoms with Crippen LogP contribution in [0.3, 0.4) is 0 Å². The lowest BCUT2D eigenvalue weighted by atomic mass is 9.96. The third-order valence-electron chi connectivity index (χ3n) is 6.89. The summed E-state index contributed by atoms with van der Waals surface area (Å²) in [6.07, 6.45) is 2.03. The highest BCUT2D eigenvalue weighted by atomic mass is 19.3. The molecule has 6 rings (SSSR count). The molecule has 0 bridgehead atoms. The number of imidazole rings is 1. The first-order valence-electron chi connectivity index (χ1n) is 11.7. The first-order chi connectivity index (χ1) is 18.2. The van der Waals surface area contributed by atoms with E-state index in [0.29, 0.717) is 69.9 Å². The molecule has 194 valence electrons.